The fourth-order valence-corrected chi connectivity index (χ4v) is 3.91. The molecule has 0 saturated heterocycles. The third-order valence-electron chi connectivity index (χ3n) is 5.62. The van der Waals surface area contributed by atoms with Gasteiger partial charge in [0.1, 0.15) is 6.54 Å². The van der Waals surface area contributed by atoms with E-state index in [1.807, 2.05) is 6.34 Å². The van der Waals surface area contributed by atoms with Crippen LogP contribution in [-0.2, 0) is 6.54 Å². The molecule has 0 radical (unpaired) electrons. The first-order valence-corrected chi connectivity index (χ1v) is 11.6. The Morgan fingerprint density at radius 3 is 2.07 bits per heavy atom. The Labute approximate surface area is 184 Å². The molecule has 0 unspecified atom stereocenters. The van der Waals surface area contributed by atoms with E-state index in [-0.39, 0.29) is 17.0 Å². The number of anilines is 1. The number of nitrogens with two attached hydrogens (primary N) is 1. The van der Waals surface area contributed by atoms with Crippen molar-refractivity contribution in [1.82, 2.24) is 0 Å². The van der Waals surface area contributed by atoms with Gasteiger partial charge in [0.15, 0.2) is 0 Å². The maximum Gasteiger partial charge on any atom is 0.103 e. The Hall–Kier alpha value is -0.870. The SMILES string of the molecule is CCCCCCCCCCCCCC[NH2+]Cc1ccccc1N1C=NCC1.[Br-]. The molecule has 1 aromatic rings. The number of unbranched alkanes of at least 4 members (excludes halogenated alkanes) is 11. The number of halogens is 1. The van der Waals surface area contributed by atoms with Gasteiger partial charge < -0.3 is 27.2 Å². The van der Waals surface area contributed by atoms with Crippen LogP contribution in [0, 0.1) is 0 Å². The molecule has 0 aromatic heterocycles. The number of para-hydroxylation sites is 1. The van der Waals surface area contributed by atoms with Gasteiger partial charge in [-0.2, -0.15) is 0 Å². The van der Waals surface area contributed by atoms with E-state index in [0.29, 0.717) is 0 Å². The van der Waals surface area contributed by atoms with Crippen LogP contribution in [0.3, 0.4) is 0 Å². The highest BCUT2D eigenvalue weighted by atomic mass is 79.9. The average molecular weight is 453 g/mol. The maximum absolute atomic E-state index is 4.35. The molecule has 0 aliphatic carbocycles. The number of rotatable bonds is 16. The molecule has 1 heterocycles. The van der Waals surface area contributed by atoms with E-state index in [0.717, 1.165) is 19.6 Å². The summed E-state index contributed by atoms with van der Waals surface area (Å²) in [6.45, 7) is 6.58. The summed E-state index contributed by atoms with van der Waals surface area (Å²) in [7, 11) is 0. The van der Waals surface area contributed by atoms with Crippen LogP contribution in [0.25, 0.3) is 0 Å². The highest BCUT2D eigenvalue weighted by Crippen LogP contribution is 2.19. The van der Waals surface area contributed by atoms with Crippen LogP contribution in [0.1, 0.15) is 89.5 Å². The molecule has 28 heavy (non-hydrogen) atoms. The van der Waals surface area contributed by atoms with Gasteiger partial charge in [-0.3, -0.25) is 4.99 Å². The topological polar surface area (TPSA) is 32.2 Å². The molecule has 0 atom stereocenters. The summed E-state index contributed by atoms with van der Waals surface area (Å²) in [5.41, 5.74) is 2.77. The maximum atomic E-state index is 4.35. The molecule has 1 aliphatic rings. The summed E-state index contributed by atoms with van der Waals surface area (Å²) < 4.78 is 0. The summed E-state index contributed by atoms with van der Waals surface area (Å²) in [4.78, 5) is 6.63. The van der Waals surface area contributed by atoms with Crippen LogP contribution in [0.2, 0.25) is 0 Å². The highest BCUT2D eigenvalue weighted by molar-refractivity contribution is 5.82. The molecule has 0 bridgehead atoms. The van der Waals surface area contributed by atoms with Crippen molar-refractivity contribution in [1.29, 1.82) is 0 Å². The predicted octanol–water partition coefficient (Wildman–Crippen LogP) is 2.30. The van der Waals surface area contributed by atoms with Gasteiger partial charge in [0.25, 0.3) is 0 Å². The van der Waals surface area contributed by atoms with Gasteiger partial charge in [0.05, 0.1) is 25.1 Å². The molecule has 0 spiro atoms. The minimum absolute atomic E-state index is 0. The molecule has 1 aliphatic heterocycles. The van der Waals surface area contributed by atoms with Crippen molar-refractivity contribution in [2.75, 3.05) is 24.5 Å². The van der Waals surface area contributed by atoms with E-state index in [1.165, 1.54) is 94.8 Å². The molecule has 4 heteroatoms. The monoisotopic (exact) mass is 451 g/mol. The van der Waals surface area contributed by atoms with E-state index in [2.05, 4.69) is 46.4 Å². The molecule has 0 amide bonds. The first-order chi connectivity index (χ1) is 13.4. The number of quaternary nitrogens is 1. The lowest BCUT2D eigenvalue weighted by Crippen LogP contribution is -3.00. The number of benzene rings is 1. The third-order valence-corrected chi connectivity index (χ3v) is 5.62. The molecular formula is C24H42BrN3. The second-order valence-electron chi connectivity index (χ2n) is 8.01. The third kappa shape index (κ3) is 10.6. The molecular weight excluding hydrogens is 410 g/mol. The molecule has 0 saturated carbocycles. The van der Waals surface area contributed by atoms with Gasteiger partial charge in [-0.05, 0) is 18.9 Å². The first kappa shape index (κ1) is 25.2. The van der Waals surface area contributed by atoms with Crippen molar-refractivity contribution < 1.29 is 22.3 Å². The summed E-state index contributed by atoms with van der Waals surface area (Å²) >= 11 is 0. The summed E-state index contributed by atoms with van der Waals surface area (Å²) in [5.74, 6) is 0. The Morgan fingerprint density at radius 2 is 1.46 bits per heavy atom. The largest absolute Gasteiger partial charge is 1.00 e. The van der Waals surface area contributed by atoms with Crippen LogP contribution in [0.4, 0.5) is 5.69 Å². The van der Waals surface area contributed by atoms with Crippen LogP contribution < -0.4 is 27.2 Å². The fraction of sp³-hybridized carbons (Fsp3) is 0.708. The van der Waals surface area contributed by atoms with E-state index in [1.54, 1.807) is 0 Å². The number of aliphatic imine (C=N–C) groups is 1. The van der Waals surface area contributed by atoms with Crippen molar-refractivity contribution in [3.8, 4) is 0 Å². The Morgan fingerprint density at radius 1 is 0.857 bits per heavy atom. The van der Waals surface area contributed by atoms with E-state index in [4.69, 9.17) is 0 Å². The van der Waals surface area contributed by atoms with Crippen LogP contribution in [-0.4, -0.2) is 26.0 Å². The van der Waals surface area contributed by atoms with Crippen molar-refractivity contribution >= 4 is 12.0 Å². The molecule has 2 rings (SSSR count). The van der Waals surface area contributed by atoms with Gasteiger partial charge >= 0.3 is 0 Å². The predicted molar refractivity (Wildman–Crippen MR) is 119 cm³/mol. The summed E-state index contributed by atoms with van der Waals surface area (Å²) in [6.07, 6.45) is 19.1. The first-order valence-electron chi connectivity index (χ1n) is 11.6. The zero-order chi connectivity index (χ0) is 19.0. The molecule has 3 nitrogen and oxygen atoms in total. The number of hydrogen-bond donors (Lipinski definition) is 1. The zero-order valence-corrected chi connectivity index (χ0v) is 19.6. The lowest BCUT2D eigenvalue weighted by molar-refractivity contribution is -0.670. The van der Waals surface area contributed by atoms with E-state index in [9.17, 15) is 0 Å². The van der Waals surface area contributed by atoms with Crippen molar-refractivity contribution in [2.24, 2.45) is 4.99 Å². The Kier molecular flexibility index (Phi) is 15.3. The van der Waals surface area contributed by atoms with Crippen molar-refractivity contribution in [3.05, 3.63) is 29.8 Å². The quantitative estimate of drug-likeness (QED) is 0.384. The average Bonchev–Trinajstić information content (AvgIpc) is 3.23. The Balaban J connectivity index is 0.00000392. The standard InChI is InChI=1S/C24H41N3.BrH/c1-2-3-4-5-6-7-8-9-10-11-12-15-18-25-21-23-16-13-14-17-24(23)27-20-19-26-22-27;/h13-14,16-17,22,25H,2-12,15,18-21H2,1H3;1H. The van der Waals surface area contributed by atoms with Crippen molar-refractivity contribution in [2.45, 2.75) is 90.5 Å². The smallest absolute Gasteiger partial charge is 0.103 e. The van der Waals surface area contributed by atoms with Gasteiger partial charge in [-0.15, -0.1) is 0 Å². The van der Waals surface area contributed by atoms with Crippen LogP contribution in [0.15, 0.2) is 29.3 Å². The second kappa shape index (κ2) is 17.0. The van der Waals surface area contributed by atoms with Gasteiger partial charge in [0, 0.05) is 12.1 Å². The highest BCUT2D eigenvalue weighted by Gasteiger charge is 2.12. The zero-order valence-electron chi connectivity index (χ0n) is 18.1. The lowest BCUT2D eigenvalue weighted by atomic mass is 10.1. The van der Waals surface area contributed by atoms with E-state index >= 15 is 0 Å². The van der Waals surface area contributed by atoms with Crippen molar-refractivity contribution in [3.63, 3.8) is 0 Å². The fourth-order valence-electron chi connectivity index (χ4n) is 3.91. The molecule has 160 valence electrons. The lowest BCUT2D eigenvalue weighted by Gasteiger charge is -2.17. The summed E-state index contributed by atoms with van der Waals surface area (Å²) in [5, 5.41) is 2.47. The molecule has 0 fully saturated rings. The number of hydrogen-bond acceptors (Lipinski definition) is 2. The van der Waals surface area contributed by atoms with Gasteiger partial charge in [-0.1, -0.05) is 89.3 Å². The van der Waals surface area contributed by atoms with Gasteiger partial charge in [-0.25, -0.2) is 0 Å². The minimum atomic E-state index is 0. The minimum Gasteiger partial charge on any atom is -1.00 e. The second-order valence-corrected chi connectivity index (χ2v) is 8.01. The normalized spacial score (nSPS) is 13.1. The molecule has 1 aromatic carbocycles. The van der Waals surface area contributed by atoms with Crippen LogP contribution in [0.5, 0.6) is 0 Å². The van der Waals surface area contributed by atoms with Crippen LogP contribution >= 0.6 is 0 Å². The molecule has 2 N–H and O–H groups in total. The van der Waals surface area contributed by atoms with E-state index < -0.39 is 0 Å². The summed E-state index contributed by atoms with van der Waals surface area (Å²) in [6, 6.07) is 8.78. The van der Waals surface area contributed by atoms with Gasteiger partial charge in [0.2, 0.25) is 0 Å². The number of nitrogens with zero attached hydrogens (tertiary/aromatic N) is 2. The Bertz CT molecular complexity index is 518.